The third-order valence-corrected chi connectivity index (χ3v) is 5.42. The van der Waals surface area contributed by atoms with Crippen LogP contribution in [-0.2, 0) is 17.8 Å². The molecule has 3 rings (SSSR count). The minimum Gasteiger partial charge on any atom is -0.493 e. The molecule has 7 nitrogen and oxygen atoms in total. The van der Waals surface area contributed by atoms with Crippen LogP contribution in [-0.4, -0.2) is 52.5 Å². The van der Waals surface area contributed by atoms with Gasteiger partial charge in [0.05, 0.1) is 12.2 Å². The largest absolute Gasteiger partial charge is 0.493 e. The number of nitrogens with zero attached hydrogens (tertiary/aromatic N) is 3. The number of hydrogen-bond acceptors (Lipinski definition) is 4. The summed E-state index contributed by atoms with van der Waals surface area (Å²) in [6, 6.07) is 5.09. The first-order valence-electron chi connectivity index (χ1n) is 10.6. The van der Waals surface area contributed by atoms with Crippen LogP contribution in [0.1, 0.15) is 48.8 Å². The molecule has 2 amide bonds. The van der Waals surface area contributed by atoms with E-state index in [4.69, 9.17) is 16.3 Å². The topological polar surface area (TPSA) is 76.5 Å². The number of halogens is 1. The van der Waals surface area contributed by atoms with E-state index in [9.17, 15) is 9.59 Å². The van der Waals surface area contributed by atoms with Gasteiger partial charge in [-0.15, -0.1) is 0 Å². The second kappa shape index (κ2) is 11.0. The summed E-state index contributed by atoms with van der Waals surface area (Å²) in [5.41, 5.74) is 0.462. The molecule has 0 atom stereocenters. The van der Waals surface area contributed by atoms with Gasteiger partial charge >= 0.3 is 0 Å². The number of aromatic nitrogens is 2. The van der Waals surface area contributed by atoms with Crippen LogP contribution in [0, 0.1) is 0 Å². The number of imidazole rings is 1. The number of fused-ring (bicyclic) bond motifs is 1. The SMILES string of the molecule is CCc1nccn1CC(=O)N1CCCCNC(=O)c2cc(Cl)ccc2OCCCC1. The number of carbonyl (C=O) groups excluding carboxylic acids is 2. The number of nitrogens with one attached hydrogen (secondary N) is 1. The molecule has 0 spiro atoms. The number of aryl methyl sites for hydroxylation is 1. The highest BCUT2D eigenvalue weighted by Gasteiger charge is 2.17. The van der Waals surface area contributed by atoms with Gasteiger partial charge in [-0.05, 0) is 43.9 Å². The van der Waals surface area contributed by atoms with Crippen molar-refractivity contribution in [3.8, 4) is 5.75 Å². The first-order valence-corrected chi connectivity index (χ1v) is 10.9. The lowest BCUT2D eigenvalue weighted by atomic mass is 10.1. The van der Waals surface area contributed by atoms with Crippen molar-refractivity contribution < 1.29 is 14.3 Å². The zero-order valence-electron chi connectivity index (χ0n) is 17.4. The van der Waals surface area contributed by atoms with Crippen molar-refractivity contribution in [3.05, 3.63) is 47.0 Å². The van der Waals surface area contributed by atoms with E-state index in [0.717, 1.165) is 37.9 Å². The van der Waals surface area contributed by atoms with E-state index in [1.165, 1.54) is 0 Å². The number of carbonyl (C=O) groups is 2. The van der Waals surface area contributed by atoms with Crippen molar-refractivity contribution in [2.24, 2.45) is 0 Å². The Bertz CT molecular complexity index is 868. The van der Waals surface area contributed by atoms with Crippen LogP contribution >= 0.6 is 11.6 Å². The third-order valence-electron chi connectivity index (χ3n) is 5.18. The van der Waals surface area contributed by atoms with Gasteiger partial charge in [0.25, 0.3) is 5.91 Å². The Hall–Kier alpha value is -2.54. The maximum Gasteiger partial charge on any atom is 0.255 e. The molecule has 1 aliphatic heterocycles. The second-order valence-corrected chi connectivity index (χ2v) is 7.80. The van der Waals surface area contributed by atoms with Gasteiger partial charge in [-0.1, -0.05) is 18.5 Å². The molecule has 1 aliphatic rings. The predicted octanol–water partition coefficient (Wildman–Crippen LogP) is 3.31. The van der Waals surface area contributed by atoms with Crippen molar-refractivity contribution in [2.75, 3.05) is 26.2 Å². The number of hydrogen-bond donors (Lipinski definition) is 1. The Morgan fingerprint density at radius 2 is 2.03 bits per heavy atom. The van der Waals surface area contributed by atoms with Crippen LogP contribution in [0.25, 0.3) is 0 Å². The highest BCUT2D eigenvalue weighted by Crippen LogP contribution is 2.23. The molecule has 162 valence electrons. The average molecular weight is 433 g/mol. The minimum atomic E-state index is -0.190. The summed E-state index contributed by atoms with van der Waals surface area (Å²) < 4.78 is 7.75. The molecule has 0 fully saturated rings. The van der Waals surface area contributed by atoms with E-state index in [-0.39, 0.29) is 11.8 Å². The zero-order valence-corrected chi connectivity index (χ0v) is 18.2. The van der Waals surface area contributed by atoms with Crippen LogP contribution < -0.4 is 10.1 Å². The predicted molar refractivity (Wildman–Crippen MR) is 116 cm³/mol. The van der Waals surface area contributed by atoms with Crippen LogP contribution in [0.4, 0.5) is 0 Å². The van der Waals surface area contributed by atoms with Gasteiger partial charge in [0, 0.05) is 43.5 Å². The van der Waals surface area contributed by atoms with Crippen molar-refractivity contribution >= 4 is 23.4 Å². The molecule has 2 aromatic rings. The molecule has 0 radical (unpaired) electrons. The Labute approximate surface area is 182 Å². The smallest absolute Gasteiger partial charge is 0.255 e. The quantitative estimate of drug-likeness (QED) is 0.807. The highest BCUT2D eigenvalue weighted by atomic mass is 35.5. The van der Waals surface area contributed by atoms with E-state index >= 15 is 0 Å². The minimum absolute atomic E-state index is 0.0970. The molecule has 0 unspecified atom stereocenters. The highest BCUT2D eigenvalue weighted by molar-refractivity contribution is 6.31. The summed E-state index contributed by atoms with van der Waals surface area (Å²) in [7, 11) is 0. The van der Waals surface area contributed by atoms with Crippen molar-refractivity contribution in [3.63, 3.8) is 0 Å². The molecule has 0 saturated carbocycles. The van der Waals surface area contributed by atoms with Gasteiger partial charge in [-0.2, -0.15) is 0 Å². The fourth-order valence-electron chi connectivity index (χ4n) is 3.52. The molecule has 0 saturated heterocycles. The molecule has 2 heterocycles. The fraction of sp³-hybridized carbons (Fsp3) is 0.500. The summed E-state index contributed by atoms with van der Waals surface area (Å²) in [5, 5.41) is 3.43. The standard InChI is InChI=1S/C22H29ClN4O3/c1-2-20-24-10-13-27(20)16-21(28)26-11-4-3-9-25-22(29)18-15-17(23)7-8-19(18)30-14-6-5-12-26/h7-8,10,13,15H,2-6,9,11-12,14,16H2,1H3,(H,25,29). The van der Waals surface area contributed by atoms with Gasteiger partial charge < -0.3 is 19.5 Å². The Balaban J connectivity index is 1.62. The molecule has 1 N–H and O–H groups in total. The van der Waals surface area contributed by atoms with E-state index in [1.807, 2.05) is 22.6 Å². The third kappa shape index (κ3) is 5.98. The van der Waals surface area contributed by atoms with Crippen molar-refractivity contribution in [1.29, 1.82) is 0 Å². The van der Waals surface area contributed by atoms with Gasteiger partial charge in [-0.3, -0.25) is 9.59 Å². The maximum absolute atomic E-state index is 12.9. The Morgan fingerprint density at radius 1 is 1.23 bits per heavy atom. The molecule has 0 aliphatic carbocycles. The van der Waals surface area contributed by atoms with Crippen LogP contribution in [0.2, 0.25) is 5.02 Å². The van der Waals surface area contributed by atoms with Crippen molar-refractivity contribution in [1.82, 2.24) is 19.8 Å². The summed E-state index contributed by atoms with van der Waals surface area (Å²) in [5.74, 6) is 1.36. The van der Waals surface area contributed by atoms with Crippen molar-refractivity contribution in [2.45, 2.75) is 45.6 Å². The molecule has 30 heavy (non-hydrogen) atoms. The summed E-state index contributed by atoms with van der Waals surface area (Å²) in [6.07, 6.45) is 7.63. The molecular weight excluding hydrogens is 404 g/mol. The molecular formula is C22H29ClN4O3. The average Bonchev–Trinajstić information content (AvgIpc) is 3.18. The first-order chi connectivity index (χ1) is 14.6. The van der Waals surface area contributed by atoms with Gasteiger partial charge in [0.15, 0.2) is 0 Å². The first kappa shape index (κ1) is 22.2. The van der Waals surface area contributed by atoms with Crippen LogP contribution in [0.15, 0.2) is 30.6 Å². The summed E-state index contributed by atoms with van der Waals surface area (Å²) in [6.45, 7) is 4.72. The summed E-state index contributed by atoms with van der Waals surface area (Å²) >= 11 is 6.05. The van der Waals surface area contributed by atoms with E-state index < -0.39 is 0 Å². The maximum atomic E-state index is 12.9. The Morgan fingerprint density at radius 3 is 2.83 bits per heavy atom. The van der Waals surface area contributed by atoms with Crippen LogP contribution in [0.5, 0.6) is 5.75 Å². The van der Waals surface area contributed by atoms with Gasteiger partial charge in [0.2, 0.25) is 5.91 Å². The van der Waals surface area contributed by atoms with E-state index in [2.05, 4.69) is 10.3 Å². The number of benzene rings is 1. The fourth-order valence-corrected chi connectivity index (χ4v) is 3.69. The monoisotopic (exact) mass is 432 g/mol. The lowest BCUT2D eigenvalue weighted by Gasteiger charge is -2.24. The number of ether oxygens (including phenoxy) is 1. The summed E-state index contributed by atoms with van der Waals surface area (Å²) in [4.78, 5) is 31.6. The lowest BCUT2D eigenvalue weighted by Crippen LogP contribution is -2.36. The molecule has 8 heteroatoms. The normalized spacial score (nSPS) is 16.2. The molecule has 0 bridgehead atoms. The van der Waals surface area contributed by atoms with Gasteiger partial charge in [-0.25, -0.2) is 4.98 Å². The zero-order chi connectivity index (χ0) is 21.3. The lowest BCUT2D eigenvalue weighted by molar-refractivity contribution is -0.132. The Kier molecular flexibility index (Phi) is 8.13. The molecule has 1 aromatic heterocycles. The van der Waals surface area contributed by atoms with Crippen LogP contribution in [0.3, 0.4) is 0 Å². The van der Waals surface area contributed by atoms with E-state index in [1.54, 1.807) is 24.4 Å². The van der Waals surface area contributed by atoms with Gasteiger partial charge in [0.1, 0.15) is 18.1 Å². The molecule has 1 aromatic carbocycles. The number of amides is 2. The number of rotatable bonds is 3. The second-order valence-electron chi connectivity index (χ2n) is 7.36. The van der Waals surface area contributed by atoms with E-state index in [0.29, 0.717) is 49.1 Å².